The van der Waals surface area contributed by atoms with Gasteiger partial charge in [-0.05, 0) is 115 Å². The molecule has 4 amide bonds. The molecule has 46 nitrogen and oxygen atoms in total. The summed E-state index contributed by atoms with van der Waals surface area (Å²) in [5.74, 6) is -6.13. The summed E-state index contributed by atoms with van der Waals surface area (Å²) in [5, 5.41) is 67.2. The molecule has 6 aromatic carbocycles. The molecule has 20 N–H and O–H groups in total. The van der Waals surface area contributed by atoms with Gasteiger partial charge in [-0.1, -0.05) is 48.0 Å². The number of hydrogen-bond donors (Lipinski definition) is 16. The Labute approximate surface area is 722 Å². The van der Waals surface area contributed by atoms with Gasteiger partial charge in [-0.25, -0.2) is 23.1 Å². The van der Waals surface area contributed by atoms with Crippen LogP contribution < -0.4 is 107 Å². The lowest BCUT2D eigenvalue weighted by molar-refractivity contribution is -0.120. The molecule has 0 bridgehead atoms. The lowest BCUT2D eigenvalue weighted by Crippen LogP contribution is -2.34. The Morgan fingerprint density at radius 1 is 0.445 bits per heavy atom. The third kappa shape index (κ3) is 21.9. The van der Waals surface area contributed by atoms with Crippen molar-refractivity contribution in [1.29, 1.82) is 0 Å². The Balaban J connectivity index is 0.000000155. The molecular weight excluding hydrogens is 1790 g/mol. The predicted octanol–water partition coefficient (Wildman–Crippen LogP) is 1.94. The smallest absolute Gasteiger partial charge is 0.346 e. The summed E-state index contributed by atoms with van der Waals surface area (Å²) in [6.07, 6.45) is 7.40. The number of furan rings is 1. The number of carbonyl (C=O) groups is 4. The standard InChI is InChI=1S/C20H16ClFN5O6P.C20H18N5O6P.C18H16N5O7P.C18H22N5O7P/c21-12-5-10(1-3-13(12)22)8-27-20(30)18(15(28)7-24-27)19-25-14-4-2-11(33-9-17(23)29)6-16(14)34(31,32)26-19;21-17(27)11-31-13-6-7-14-16(8-13)32(29,30)24-19(23-14)18-15(26)9-22-25(20(18)28)10-12-4-2-1-3-5-12;19-15(25)9-30-11-1-2-12-14(5-11)31(27,28)22-17(21-12)16-13(24)6-20-23(18(16)26)7-10-3-4-29-8-10;1-10(29-2)5-6-23-18(26)16(13(24)8-20-23)17-21-12-4-3-11(30-9-15(19)25)7-14(12)31(27,28)22-17/h1-7,28H,8-9H2,(H2,23,29)(H2,25,26,31,32);1-9,26H,10-11H2,(H2,21,27)(H2,23,24,29,30);1-6,8,24H,7,9H2,(H2,19,25)(H2,21,22,27,28);3-4,7-8,10,24H,5-6,9H2,1-2H3,(H2,19,25)(H2,21,22,27,28). The van der Waals surface area contributed by atoms with Crippen molar-refractivity contribution in [3.63, 3.8) is 0 Å². The number of aromatic nitrogens is 8. The van der Waals surface area contributed by atoms with E-state index in [9.17, 15) is 101 Å². The number of nitrogens with two attached hydrogens (primary N) is 4. The van der Waals surface area contributed by atoms with Crippen LogP contribution in [0.15, 0.2) is 207 Å². The number of nitrogens with one attached hydrogen (secondary N) is 4. The summed E-state index contributed by atoms with van der Waals surface area (Å²) in [7, 11) is -15.9. The van der Waals surface area contributed by atoms with Crippen molar-refractivity contribution in [3.8, 4) is 46.0 Å². The van der Waals surface area contributed by atoms with Crippen molar-refractivity contribution in [2.75, 3.05) is 54.8 Å². The third-order valence-corrected chi connectivity index (χ3v) is 24.4. The first-order valence-electron chi connectivity index (χ1n) is 36.9. The van der Waals surface area contributed by atoms with E-state index in [1.807, 2.05) is 37.3 Å². The molecule has 0 spiro atoms. The van der Waals surface area contributed by atoms with Gasteiger partial charge in [0.2, 0.25) is 0 Å². The van der Waals surface area contributed by atoms with Gasteiger partial charge in [0, 0.05) is 19.2 Å². The number of ether oxygens (including phenoxy) is 5. The fraction of sp³-hybridized carbons (Fsp3) is 0.158. The van der Waals surface area contributed by atoms with E-state index >= 15 is 0 Å². The Hall–Kier alpha value is -14.8. The SMILES string of the molecule is COC(C)CCn1ncc(O)c(C2=NP(=O)(O)c3cc(OCC(N)=O)ccc3N2)c1=O.NC(=O)COc1ccc2c(c1)P(=O)(O)N=C(c1c(O)cnn(Cc3ccc(F)c(Cl)c3)c1=O)N2.NC(=O)COc1ccc2c(c1)P(=O)(O)N=C(c1c(O)cnn(Cc3ccccc3)c1=O)N2.NC(=O)COc1ccc2c(c1)P(=O)(O)N=C(c1c(O)cnn(Cc3ccoc3)c1=O)N2. The molecule has 666 valence electrons. The maximum atomic E-state index is 13.4. The quantitative estimate of drug-likeness (QED) is 0.0344. The number of anilines is 4. The van der Waals surface area contributed by atoms with Gasteiger partial charge in [-0.2, -0.15) is 39.4 Å². The van der Waals surface area contributed by atoms with Crippen molar-refractivity contribution in [2.45, 2.75) is 45.6 Å². The van der Waals surface area contributed by atoms with Crippen LogP contribution in [-0.4, -0.2) is 166 Å². The summed E-state index contributed by atoms with van der Waals surface area (Å²) in [4.78, 5) is 137. The van der Waals surface area contributed by atoms with Crippen molar-refractivity contribution in [1.82, 2.24) is 39.1 Å². The first kappa shape index (κ1) is 92.4. The van der Waals surface area contributed by atoms with Crippen LogP contribution in [0.4, 0.5) is 27.1 Å². The second-order valence-electron chi connectivity index (χ2n) is 27.4. The van der Waals surface area contributed by atoms with E-state index in [0.29, 0.717) is 17.5 Å². The molecule has 4 aliphatic heterocycles. The van der Waals surface area contributed by atoms with E-state index < -0.39 is 137 Å². The van der Waals surface area contributed by atoms with E-state index in [0.717, 1.165) is 55.1 Å². The number of fused-ring (bicyclic) bond motifs is 4. The lowest BCUT2D eigenvalue weighted by Gasteiger charge is -2.22. The minimum Gasteiger partial charge on any atom is -0.505 e. The van der Waals surface area contributed by atoms with Gasteiger partial charge < -0.3 is 112 Å². The van der Waals surface area contributed by atoms with Crippen LogP contribution in [0.5, 0.6) is 46.0 Å². The maximum absolute atomic E-state index is 13.4. The number of halogens is 2. The molecule has 0 saturated carbocycles. The summed E-state index contributed by atoms with van der Waals surface area (Å²) < 4.78 is 115. The molecule has 5 unspecified atom stereocenters. The predicted molar refractivity (Wildman–Crippen MR) is 459 cm³/mol. The molecular formula is C76H72ClFN20O26P4. The second kappa shape index (κ2) is 38.8. The van der Waals surface area contributed by atoms with Crippen LogP contribution in [0.25, 0.3) is 0 Å². The Morgan fingerprint density at radius 3 is 1.06 bits per heavy atom. The monoisotopic (exact) mass is 1860 g/mol. The van der Waals surface area contributed by atoms with E-state index in [1.165, 1.54) is 97.5 Å². The molecule has 9 heterocycles. The Bertz CT molecular complexity index is 6860. The minimum absolute atomic E-state index is 0.0594. The summed E-state index contributed by atoms with van der Waals surface area (Å²) in [6.45, 7) is 0.482. The molecule has 15 rings (SSSR count). The van der Waals surface area contributed by atoms with Gasteiger partial charge in [-0.15, -0.1) is 0 Å². The van der Waals surface area contributed by atoms with Crippen LogP contribution in [0, 0.1) is 5.82 Å². The number of amidine groups is 4. The van der Waals surface area contributed by atoms with Crippen molar-refractivity contribution in [3.05, 3.63) is 256 Å². The number of nitrogens with zero attached hydrogens (tertiary/aromatic N) is 12. The van der Waals surface area contributed by atoms with Crippen LogP contribution in [0.3, 0.4) is 0 Å². The fourth-order valence-electron chi connectivity index (χ4n) is 12.1. The van der Waals surface area contributed by atoms with Crippen LogP contribution >= 0.6 is 41.7 Å². The number of benzene rings is 6. The Kier molecular flexibility index (Phi) is 28.0. The van der Waals surface area contributed by atoms with E-state index in [-0.39, 0.29) is 144 Å². The van der Waals surface area contributed by atoms with Crippen LogP contribution in [0.2, 0.25) is 5.02 Å². The van der Waals surface area contributed by atoms with E-state index in [4.69, 9.17) is 62.6 Å². The number of carbonyl (C=O) groups excluding carboxylic acids is 4. The van der Waals surface area contributed by atoms with Gasteiger partial charge >= 0.3 is 30.1 Å². The molecule has 0 fully saturated rings. The first-order valence-corrected chi connectivity index (χ1v) is 43.7. The molecule has 5 aromatic heterocycles. The molecule has 52 heteroatoms. The highest BCUT2D eigenvalue weighted by Gasteiger charge is 2.39. The average molecular weight is 1860 g/mol. The second-order valence-corrected chi connectivity index (χ2v) is 34.9. The highest BCUT2D eigenvalue weighted by atomic mass is 35.5. The fourth-order valence-corrected chi connectivity index (χ4v) is 17.4. The van der Waals surface area contributed by atoms with E-state index in [1.54, 1.807) is 13.2 Å². The number of aryl methyl sites for hydroxylation is 1. The molecule has 11 aromatic rings. The molecule has 0 saturated heterocycles. The zero-order valence-electron chi connectivity index (χ0n) is 66.2. The summed E-state index contributed by atoms with van der Waals surface area (Å²) in [6, 6.07) is 31.0. The van der Waals surface area contributed by atoms with Gasteiger partial charge in [0.1, 0.15) is 51.1 Å². The molecule has 0 aliphatic carbocycles. The average Bonchev–Trinajstić information content (AvgIpc) is 0.949. The number of rotatable bonds is 26. The normalized spacial score (nSPS) is 17.4. The van der Waals surface area contributed by atoms with Gasteiger partial charge in [0.05, 0.1) is 112 Å². The van der Waals surface area contributed by atoms with Gasteiger partial charge in [-0.3, -0.25) is 56.6 Å². The van der Waals surface area contributed by atoms with Crippen LogP contribution in [0.1, 0.15) is 52.3 Å². The first-order chi connectivity index (χ1) is 60.6. The molecule has 5 atom stereocenters. The topological polar surface area (TPSA) is 699 Å². The van der Waals surface area contributed by atoms with Crippen molar-refractivity contribution < 1.29 is 110 Å². The molecule has 128 heavy (non-hydrogen) atoms. The largest absolute Gasteiger partial charge is 0.505 e. The molecule has 0 radical (unpaired) electrons. The maximum Gasteiger partial charge on any atom is 0.346 e. The zero-order valence-corrected chi connectivity index (χ0v) is 70.5. The highest BCUT2D eigenvalue weighted by Crippen LogP contribution is 2.51. The molecule has 4 aliphatic rings. The highest BCUT2D eigenvalue weighted by molar-refractivity contribution is 7.66. The van der Waals surface area contributed by atoms with Gasteiger partial charge in [0.15, 0.2) is 72.8 Å². The Morgan fingerprint density at radius 2 is 0.758 bits per heavy atom. The third-order valence-electron chi connectivity index (χ3n) is 18.2. The number of primary amides is 4. The van der Waals surface area contributed by atoms with Crippen molar-refractivity contribution in [2.24, 2.45) is 42.0 Å². The number of amides is 4. The number of hydrogen-bond acceptors (Lipinski definition) is 30. The van der Waals surface area contributed by atoms with Crippen molar-refractivity contribution >= 4 is 133 Å². The van der Waals surface area contributed by atoms with E-state index in [2.05, 4.69) is 60.7 Å². The summed E-state index contributed by atoms with van der Waals surface area (Å²) in [5.41, 5.74) is 18.6. The summed E-state index contributed by atoms with van der Waals surface area (Å²) >= 11 is 5.78. The van der Waals surface area contributed by atoms with Gasteiger partial charge in [0.25, 0.3) is 45.9 Å². The number of methoxy groups -OCH3 is 1. The minimum atomic E-state index is -4.42. The zero-order chi connectivity index (χ0) is 92.4. The number of aromatic hydroxyl groups is 4. The van der Waals surface area contributed by atoms with Crippen LogP contribution in [-0.2, 0) is 68.4 Å². The lowest BCUT2D eigenvalue weighted by atomic mass is 10.2.